The molecule has 0 bridgehead atoms. The Balaban J connectivity index is 2.03. The fourth-order valence-corrected chi connectivity index (χ4v) is 2.91. The summed E-state index contributed by atoms with van der Waals surface area (Å²) in [7, 11) is 0. The van der Waals surface area contributed by atoms with E-state index >= 15 is 0 Å². The van der Waals surface area contributed by atoms with Gasteiger partial charge in [0.15, 0.2) is 0 Å². The maximum absolute atomic E-state index is 12.0. The molecule has 2 rings (SSSR count). The van der Waals surface area contributed by atoms with Crippen LogP contribution in [-0.4, -0.2) is 42.5 Å². The molecule has 2 aliphatic carbocycles. The number of nitrogens with one attached hydrogen (secondary N) is 1. The normalized spacial score (nSPS) is 23.1. The Bertz CT molecular complexity index is 299. The molecule has 0 aromatic carbocycles. The molecule has 3 N–H and O–H groups in total. The molecule has 0 radical (unpaired) electrons. The number of hydrogen-bond donors (Lipinski definition) is 2. The van der Waals surface area contributed by atoms with Gasteiger partial charge in [0.25, 0.3) is 0 Å². The predicted octanol–water partition coefficient (Wildman–Crippen LogP) is 0.962. The van der Waals surface area contributed by atoms with Crippen LogP contribution < -0.4 is 11.1 Å². The number of nitrogens with two attached hydrogens (primary N) is 1. The molecular weight excluding hydrogens is 226 g/mol. The molecule has 2 saturated carbocycles. The Labute approximate surface area is 110 Å². The van der Waals surface area contributed by atoms with Gasteiger partial charge in [-0.15, -0.1) is 0 Å². The van der Waals surface area contributed by atoms with Gasteiger partial charge in [-0.2, -0.15) is 0 Å². The lowest BCUT2D eigenvalue weighted by molar-refractivity contribution is -0.126. The number of nitrogens with zero attached hydrogens (tertiary/aromatic N) is 1. The molecule has 1 unspecified atom stereocenters. The zero-order chi connectivity index (χ0) is 13.2. The number of amides is 1. The van der Waals surface area contributed by atoms with E-state index in [1.165, 1.54) is 12.8 Å². The lowest BCUT2D eigenvalue weighted by Gasteiger charge is -2.36. The Morgan fingerprint density at radius 3 is 2.39 bits per heavy atom. The smallest absolute Gasteiger partial charge is 0.239 e. The molecule has 0 heterocycles. The number of carbonyl (C=O) groups is 1. The van der Waals surface area contributed by atoms with Crippen molar-refractivity contribution in [1.29, 1.82) is 0 Å². The molecule has 4 nitrogen and oxygen atoms in total. The topological polar surface area (TPSA) is 58.4 Å². The molecule has 2 aliphatic rings. The summed E-state index contributed by atoms with van der Waals surface area (Å²) in [5, 5.41) is 3.40. The highest BCUT2D eigenvalue weighted by molar-refractivity contribution is 5.86. The summed E-state index contributed by atoms with van der Waals surface area (Å²) >= 11 is 0. The van der Waals surface area contributed by atoms with E-state index in [0.29, 0.717) is 5.92 Å². The standard InChI is InChI=1S/C14H27N3O/c1-3-16-14(13(15)18,12-7-8-12)10-17(4-2)9-11-5-6-11/h11-12,16H,3-10H2,1-2H3,(H2,15,18). The second-order valence-corrected chi connectivity index (χ2v) is 5.91. The van der Waals surface area contributed by atoms with Crippen LogP contribution in [0.25, 0.3) is 0 Å². The highest BCUT2D eigenvalue weighted by Gasteiger charge is 2.50. The summed E-state index contributed by atoms with van der Waals surface area (Å²) in [5.41, 5.74) is 5.23. The second kappa shape index (κ2) is 5.57. The zero-order valence-electron chi connectivity index (χ0n) is 11.7. The second-order valence-electron chi connectivity index (χ2n) is 5.91. The van der Waals surface area contributed by atoms with E-state index in [4.69, 9.17) is 5.73 Å². The van der Waals surface area contributed by atoms with Gasteiger partial charge in [-0.3, -0.25) is 4.79 Å². The van der Waals surface area contributed by atoms with Gasteiger partial charge in [-0.25, -0.2) is 0 Å². The summed E-state index contributed by atoms with van der Waals surface area (Å²) in [5.74, 6) is 1.14. The van der Waals surface area contributed by atoms with Crippen molar-refractivity contribution >= 4 is 5.91 Å². The van der Waals surface area contributed by atoms with Crippen LogP contribution in [0, 0.1) is 11.8 Å². The van der Waals surface area contributed by atoms with Gasteiger partial charge >= 0.3 is 0 Å². The van der Waals surface area contributed by atoms with Crippen molar-refractivity contribution in [3.63, 3.8) is 0 Å². The third-order valence-electron chi connectivity index (χ3n) is 4.34. The number of rotatable bonds is 9. The fraction of sp³-hybridized carbons (Fsp3) is 0.929. The molecule has 0 spiro atoms. The first-order valence-electron chi connectivity index (χ1n) is 7.39. The highest BCUT2D eigenvalue weighted by atomic mass is 16.1. The van der Waals surface area contributed by atoms with E-state index in [2.05, 4.69) is 24.1 Å². The average molecular weight is 253 g/mol. The van der Waals surface area contributed by atoms with Crippen LogP contribution in [0.1, 0.15) is 39.5 Å². The van der Waals surface area contributed by atoms with Crippen molar-refractivity contribution in [2.75, 3.05) is 26.2 Å². The van der Waals surface area contributed by atoms with Crippen LogP contribution in [-0.2, 0) is 4.79 Å². The van der Waals surface area contributed by atoms with Crippen LogP contribution in [0.15, 0.2) is 0 Å². The number of hydrogen-bond acceptors (Lipinski definition) is 3. The van der Waals surface area contributed by atoms with Gasteiger partial charge in [-0.05, 0) is 50.6 Å². The maximum atomic E-state index is 12.0. The number of carbonyl (C=O) groups excluding carboxylic acids is 1. The molecular formula is C14H27N3O. The minimum atomic E-state index is -0.486. The lowest BCUT2D eigenvalue weighted by Crippen LogP contribution is -2.63. The van der Waals surface area contributed by atoms with Crippen molar-refractivity contribution < 1.29 is 4.79 Å². The SMILES string of the molecule is CCNC(CN(CC)CC1CC1)(C(N)=O)C1CC1. The lowest BCUT2D eigenvalue weighted by atomic mass is 9.91. The predicted molar refractivity (Wildman–Crippen MR) is 73.2 cm³/mol. The molecule has 2 fully saturated rings. The Kier molecular flexibility index (Phi) is 4.28. The number of likely N-dealkylation sites (N-methyl/N-ethyl adjacent to an activating group) is 2. The molecule has 104 valence electrons. The third kappa shape index (κ3) is 3.04. The number of primary amides is 1. The first-order valence-corrected chi connectivity index (χ1v) is 7.39. The van der Waals surface area contributed by atoms with E-state index in [0.717, 1.165) is 44.9 Å². The van der Waals surface area contributed by atoms with Crippen molar-refractivity contribution in [3.05, 3.63) is 0 Å². The quantitative estimate of drug-likeness (QED) is 0.643. The molecule has 0 saturated heterocycles. The molecule has 0 aromatic rings. The van der Waals surface area contributed by atoms with Crippen molar-refractivity contribution in [2.45, 2.75) is 45.1 Å². The van der Waals surface area contributed by atoms with Crippen molar-refractivity contribution in [3.8, 4) is 0 Å². The summed E-state index contributed by atoms with van der Waals surface area (Å²) in [6.45, 7) is 7.95. The molecule has 1 amide bonds. The first-order chi connectivity index (χ1) is 8.62. The van der Waals surface area contributed by atoms with Crippen molar-refractivity contribution in [2.24, 2.45) is 17.6 Å². The van der Waals surface area contributed by atoms with Gasteiger partial charge < -0.3 is 16.0 Å². The summed E-state index contributed by atoms with van der Waals surface area (Å²) in [6.07, 6.45) is 4.98. The monoisotopic (exact) mass is 253 g/mol. The molecule has 1 atom stereocenters. The molecule has 0 aromatic heterocycles. The minimum absolute atomic E-state index is 0.166. The van der Waals surface area contributed by atoms with Gasteiger partial charge in [0.2, 0.25) is 5.91 Å². The van der Waals surface area contributed by atoms with Crippen molar-refractivity contribution in [1.82, 2.24) is 10.2 Å². The molecule has 4 heteroatoms. The van der Waals surface area contributed by atoms with Gasteiger partial charge in [-0.1, -0.05) is 13.8 Å². The average Bonchev–Trinajstić information content (AvgIpc) is 3.18. The summed E-state index contributed by atoms with van der Waals surface area (Å²) in [6, 6.07) is 0. The van der Waals surface area contributed by atoms with Gasteiger partial charge in [0, 0.05) is 13.1 Å². The third-order valence-corrected chi connectivity index (χ3v) is 4.34. The Hall–Kier alpha value is -0.610. The Morgan fingerprint density at radius 2 is 2.00 bits per heavy atom. The van der Waals surface area contributed by atoms with E-state index in [1.807, 2.05) is 0 Å². The van der Waals surface area contributed by atoms with E-state index in [1.54, 1.807) is 0 Å². The fourth-order valence-electron chi connectivity index (χ4n) is 2.91. The van der Waals surface area contributed by atoms with Gasteiger partial charge in [0.05, 0.1) is 0 Å². The summed E-state index contributed by atoms with van der Waals surface area (Å²) in [4.78, 5) is 14.4. The summed E-state index contributed by atoms with van der Waals surface area (Å²) < 4.78 is 0. The van der Waals surface area contributed by atoms with E-state index in [-0.39, 0.29) is 5.91 Å². The Morgan fingerprint density at radius 1 is 1.33 bits per heavy atom. The largest absolute Gasteiger partial charge is 0.368 e. The minimum Gasteiger partial charge on any atom is -0.368 e. The zero-order valence-corrected chi connectivity index (χ0v) is 11.7. The highest BCUT2D eigenvalue weighted by Crippen LogP contribution is 2.40. The van der Waals surface area contributed by atoms with Crippen LogP contribution in [0.4, 0.5) is 0 Å². The maximum Gasteiger partial charge on any atom is 0.239 e. The first kappa shape index (κ1) is 13.8. The van der Waals surface area contributed by atoms with E-state index in [9.17, 15) is 4.79 Å². The van der Waals surface area contributed by atoms with Crippen LogP contribution >= 0.6 is 0 Å². The molecule has 18 heavy (non-hydrogen) atoms. The van der Waals surface area contributed by atoms with E-state index < -0.39 is 5.54 Å². The van der Waals surface area contributed by atoms with Crippen LogP contribution in [0.3, 0.4) is 0 Å². The van der Waals surface area contributed by atoms with Crippen LogP contribution in [0.5, 0.6) is 0 Å². The van der Waals surface area contributed by atoms with Crippen LogP contribution in [0.2, 0.25) is 0 Å². The molecule has 0 aliphatic heterocycles. The van der Waals surface area contributed by atoms with Gasteiger partial charge in [0.1, 0.15) is 5.54 Å².